The largest absolute Gasteiger partial charge is 0.409 e. The lowest BCUT2D eigenvalue weighted by Gasteiger charge is -2.24. The van der Waals surface area contributed by atoms with Crippen molar-refractivity contribution < 1.29 is 31.1 Å². The maximum absolute atomic E-state index is 12.3. The van der Waals surface area contributed by atoms with Gasteiger partial charge in [0, 0.05) is 6.54 Å². The highest BCUT2D eigenvalue weighted by Gasteiger charge is 2.61. The van der Waals surface area contributed by atoms with E-state index >= 15 is 0 Å². The van der Waals surface area contributed by atoms with Gasteiger partial charge >= 0.3 is 12.4 Å². The number of nitrogens with one attached hydrogen (secondary N) is 1. The molecule has 120 valence electrons. The summed E-state index contributed by atoms with van der Waals surface area (Å²) >= 11 is 5.85. The third-order valence-corrected chi connectivity index (χ3v) is 3.46. The molecular formula is C11H16ClF6NO. The van der Waals surface area contributed by atoms with Crippen LogP contribution in [0.2, 0.25) is 0 Å². The third-order valence-electron chi connectivity index (χ3n) is 2.95. The summed E-state index contributed by atoms with van der Waals surface area (Å²) in [4.78, 5) is 11.1. The van der Waals surface area contributed by atoms with E-state index in [9.17, 15) is 31.1 Å². The minimum atomic E-state index is -5.68. The van der Waals surface area contributed by atoms with Crippen LogP contribution in [-0.2, 0) is 4.79 Å². The number of alkyl halides is 7. The Bertz CT molecular complexity index is 299. The van der Waals surface area contributed by atoms with Crippen molar-refractivity contribution in [3.63, 3.8) is 0 Å². The van der Waals surface area contributed by atoms with Gasteiger partial charge in [-0.05, 0) is 5.92 Å². The van der Waals surface area contributed by atoms with Crippen molar-refractivity contribution in [1.29, 1.82) is 0 Å². The van der Waals surface area contributed by atoms with E-state index in [1.807, 2.05) is 0 Å². The number of hydrogen-bond donors (Lipinski definition) is 1. The molecule has 1 unspecified atom stereocenters. The molecule has 0 saturated heterocycles. The van der Waals surface area contributed by atoms with E-state index in [-0.39, 0.29) is 5.92 Å². The first-order valence-electron chi connectivity index (χ1n) is 6.00. The number of halogens is 7. The minimum absolute atomic E-state index is 0.0906. The summed E-state index contributed by atoms with van der Waals surface area (Å²) in [6.07, 6.45) is -10.1. The van der Waals surface area contributed by atoms with E-state index in [1.165, 1.54) is 0 Å². The SMILES string of the molecule is CCC(CC)C(Cl)CNC(=O)C(C(F)(F)F)C(F)(F)F. The van der Waals surface area contributed by atoms with Crippen molar-refractivity contribution in [2.45, 2.75) is 44.4 Å². The number of amides is 1. The van der Waals surface area contributed by atoms with Crippen molar-refractivity contribution in [1.82, 2.24) is 5.32 Å². The standard InChI is InChI=1S/C11H16ClF6NO/c1-3-6(4-2)7(12)5-19-9(20)8(10(13,14)15)11(16,17)18/h6-8H,3-5H2,1-2H3,(H,19,20). The van der Waals surface area contributed by atoms with Crippen molar-refractivity contribution in [3.8, 4) is 0 Å². The predicted molar refractivity (Wildman–Crippen MR) is 62.3 cm³/mol. The van der Waals surface area contributed by atoms with E-state index < -0.39 is 36.1 Å². The van der Waals surface area contributed by atoms with E-state index in [1.54, 1.807) is 19.2 Å². The van der Waals surface area contributed by atoms with Crippen molar-refractivity contribution >= 4 is 17.5 Å². The summed E-state index contributed by atoms with van der Waals surface area (Å²) in [6.45, 7) is 3.15. The molecule has 2 nitrogen and oxygen atoms in total. The lowest BCUT2D eigenvalue weighted by atomic mass is 9.99. The fourth-order valence-electron chi connectivity index (χ4n) is 1.75. The van der Waals surface area contributed by atoms with Crippen LogP contribution >= 0.6 is 11.6 Å². The molecule has 0 aliphatic carbocycles. The van der Waals surface area contributed by atoms with Gasteiger partial charge in [-0.15, -0.1) is 11.6 Å². The molecule has 0 aromatic heterocycles. The smallest absolute Gasteiger partial charge is 0.354 e. The molecule has 0 bridgehead atoms. The minimum Gasteiger partial charge on any atom is -0.354 e. The topological polar surface area (TPSA) is 29.1 Å². The van der Waals surface area contributed by atoms with Gasteiger partial charge in [0.25, 0.3) is 0 Å². The van der Waals surface area contributed by atoms with Gasteiger partial charge in [0.05, 0.1) is 5.38 Å². The van der Waals surface area contributed by atoms with E-state index in [4.69, 9.17) is 11.6 Å². The Morgan fingerprint density at radius 2 is 1.45 bits per heavy atom. The second-order valence-electron chi connectivity index (χ2n) is 4.35. The van der Waals surface area contributed by atoms with Gasteiger partial charge in [0.15, 0.2) is 0 Å². The van der Waals surface area contributed by atoms with Gasteiger partial charge in [-0.1, -0.05) is 26.7 Å². The molecule has 0 spiro atoms. The summed E-state index contributed by atoms with van der Waals surface area (Å²) in [5, 5.41) is 0.922. The Morgan fingerprint density at radius 3 is 1.75 bits per heavy atom. The zero-order valence-corrected chi connectivity index (χ0v) is 11.7. The molecule has 0 saturated carbocycles. The molecule has 0 aliphatic heterocycles. The van der Waals surface area contributed by atoms with E-state index in [2.05, 4.69) is 0 Å². The summed E-state index contributed by atoms with van der Waals surface area (Å²) in [6, 6.07) is 0. The van der Waals surface area contributed by atoms with Gasteiger partial charge < -0.3 is 5.32 Å². The molecule has 0 aliphatic rings. The highest BCUT2D eigenvalue weighted by atomic mass is 35.5. The average Bonchev–Trinajstić information content (AvgIpc) is 2.24. The number of hydrogen-bond acceptors (Lipinski definition) is 1. The molecule has 20 heavy (non-hydrogen) atoms. The zero-order valence-electron chi connectivity index (χ0n) is 10.9. The van der Waals surface area contributed by atoms with Crippen LogP contribution < -0.4 is 5.32 Å². The summed E-state index contributed by atoms with van der Waals surface area (Å²) in [7, 11) is 0. The quantitative estimate of drug-likeness (QED) is 0.582. The van der Waals surface area contributed by atoms with Crippen LogP contribution in [0.5, 0.6) is 0 Å². The second-order valence-corrected chi connectivity index (χ2v) is 4.91. The first kappa shape index (κ1) is 19.3. The molecule has 0 fully saturated rings. The average molecular weight is 328 g/mol. The van der Waals surface area contributed by atoms with Crippen LogP contribution in [0.25, 0.3) is 0 Å². The van der Waals surface area contributed by atoms with Crippen LogP contribution in [0.1, 0.15) is 26.7 Å². The molecule has 9 heteroatoms. The molecule has 0 aromatic carbocycles. The first-order valence-corrected chi connectivity index (χ1v) is 6.43. The maximum Gasteiger partial charge on any atom is 0.409 e. The summed E-state index contributed by atoms with van der Waals surface area (Å²) < 4.78 is 73.6. The van der Waals surface area contributed by atoms with Crippen molar-refractivity contribution in [2.24, 2.45) is 11.8 Å². The molecule has 1 amide bonds. The molecule has 1 atom stereocenters. The first-order chi connectivity index (χ1) is 8.95. The van der Waals surface area contributed by atoms with Crippen LogP contribution in [0.3, 0.4) is 0 Å². The van der Waals surface area contributed by atoms with E-state index in [0.717, 1.165) is 0 Å². The Kier molecular flexibility index (Phi) is 7.13. The molecule has 0 radical (unpaired) electrons. The fourth-order valence-corrected chi connectivity index (χ4v) is 2.18. The summed E-state index contributed by atoms with van der Waals surface area (Å²) in [5.41, 5.74) is 0. The molecule has 1 N–H and O–H groups in total. The predicted octanol–water partition coefficient (Wildman–Crippen LogP) is 3.89. The Hall–Kier alpha value is -0.660. The Labute approximate surface area is 117 Å². The lowest BCUT2D eigenvalue weighted by molar-refractivity contribution is -0.274. The highest BCUT2D eigenvalue weighted by Crippen LogP contribution is 2.39. The van der Waals surface area contributed by atoms with Crippen molar-refractivity contribution in [3.05, 3.63) is 0 Å². The summed E-state index contributed by atoms with van der Waals surface area (Å²) in [5.74, 6) is -6.24. The van der Waals surface area contributed by atoms with Crippen LogP contribution in [0.15, 0.2) is 0 Å². The Balaban J connectivity index is 4.73. The lowest BCUT2D eigenvalue weighted by Crippen LogP contribution is -2.49. The number of rotatable bonds is 6. The normalized spacial score (nSPS) is 14.8. The van der Waals surface area contributed by atoms with Gasteiger partial charge in [0.1, 0.15) is 0 Å². The molecular weight excluding hydrogens is 312 g/mol. The van der Waals surface area contributed by atoms with Crippen LogP contribution in [-0.4, -0.2) is 30.2 Å². The Morgan fingerprint density at radius 1 is 1.05 bits per heavy atom. The number of carbonyl (C=O) groups excluding carboxylic acids is 1. The van der Waals surface area contributed by atoms with Gasteiger partial charge in [-0.3, -0.25) is 4.79 Å². The van der Waals surface area contributed by atoms with Gasteiger partial charge in [-0.2, -0.15) is 26.3 Å². The molecule has 0 rings (SSSR count). The van der Waals surface area contributed by atoms with Gasteiger partial charge in [-0.25, -0.2) is 0 Å². The monoisotopic (exact) mass is 327 g/mol. The third kappa shape index (κ3) is 5.76. The second kappa shape index (κ2) is 7.38. The molecule has 0 aromatic rings. The van der Waals surface area contributed by atoms with Crippen molar-refractivity contribution in [2.75, 3.05) is 6.54 Å². The number of carbonyl (C=O) groups is 1. The van der Waals surface area contributed by atoms with E-state index in [0.29, 0.717) is 12.8 Å². The highest BCUT2D eigenvalue weighted by molar-refractivity contribution is 6.21. The van der Waals surface area contributed by atoms with Crippen LogP contribution in [0.4, 0.5) is 26.3 Å². The van der Waals surface area contributed by atoms with Crippen LogP contribution in [0, 0.1) is 11.8 Å². The maximum atomic E-state index is 12.3. The van der Waals surface area contributed by atoms with Gasteiger partial charge in [0.2, 0.25) is 11.8 Å². The fraction of sp³-hybridized carbons (Fsp3) is 0.909. The molecule has 0 heterocycles. The zero-order chi connectivity index (χ0) is 16.1.